The number of thiazole rings is 1. The van der Waals surface area contributed by atoms with Crippen LogP contribution < -0.4 is 10.4 Å². The van der Waals surface area contributed by atoms with Crippen LogP contribution in [0.1, 0.15) is 25.7 Å². The average Bonchev–Trinajstić information content (AvgIpc) is 3.16. The van der Waals surface area contributed by atoms with Gasteiger partial charge < -0.3 is 15.2 Å². The first-order valence-corrected chi connectivity index (χ1v) is 9.35. The molecule has 8 heteroatoms. The second kappa shape index (κ2) is 6.98. The number of aromatic nitrogens is 1. The third kappa shape index (κ3) is 3.73. The molecule has 1 aliphatic rings. The fraction of sp³-hybridized carbons (Fsp3) is 0.400. The number of rotatable bonds is 4. The van der Waals surface area contributed by atoms with E-state index in [0.717, 1.165) is 23.4 Å². The summed E-state index contributed by atoms with van der Waals surface area (Å²) < 4.78 is 0.678. The van der Waals surface area contributed by atoms with Gasteiger partial charge in [-0.3, -0.25) is 4.79 Å². The zero-order valence-electron chi connectivity index (χ0n) is 12.1. The Hall–Kier alpha value is -1.44. The minimum Gasteiger partial charge on any atom is -0.550 e. The zero-order chi connectivity index (χ0) is 16.4. The van der Waals surface area contributed by atoms with Gasteiger partial charge in [-0.15, -0.1) is 22.7 Å². The Bertz CT molecular complexity index is 728. The van der Waals surface area contributed by atoms with E-state index >= 15 is 0 Å². The molecule has 0 unspecified atom stereocenters. The van der Waals surface area contributed by atoms with Crippen LogP contribution in [0, 0.1) is 11.8 Å². The first-order valence-electron chi connectivity index (χ1n) is 7.27. The smallest absolute Gasteiger partial charge is 0.229 e. The van der Waals surface area contributed by atoms with Crippen LogP contribution in [-0.4, -0.2) is 16.9 Å². The third-order valence-electron chi connectivity index (χ3n) is 3.97. The van der Waals surface area contributed by atoms with E-state index in [0.29, 0.717) is 22.3 Å². The van der Waals surface area contributed by atoms with E-state index in [9.17, 15) is 14.7 Å². The van der Waals surface area contributed by atoms with Gasteiger partial charge in [-0.25, -0.2) is 4.98 Å². The number of amides is 1. The minimum absolute atomic E-state index is 0.288. The first kappa shape index (κ1) is 16.4. The van der Waals surface area contributed by atoms with Gasteiger partial charge >= 0.3 is 0 Å². The van der Waals surface area contributed by atoms with Crippen molar-refractivity contribution in [1.29, 1.82) is 0 Å². The number of thiophene rings is 1. The molecule has 1 fully saturated rings. The van der Waals surface area contributed by atoms with Crippen LogP contribution in [0.4, 0.5) is 5.13 Å². The van der Waals surface area contributed by atoms with Gasteiger partial charge in [0.15, 0.2) is 5.13 Å². The fourth-order valence-electron chi connectivity index (χ4n) is 2.82. The van der Waals surface area contributed by atoms with Crippen molar-refractivity contribution in [3.05, 3.63) is 21.8 Å². The Labute approximate surface area is 146 Å². The lowest BCUT2D eigenvalue weighted by Crippen LogP contribution is -2.42. The molecule has 3 rings (SSSR count). The summed E-state index contributed by atoms with van der Waals surface area (Å²) in [6.45, 7) is 0. The number of carbonyl (C=O) groups is 2. The van der Waals surface area contributed by atoms with Crippen molar-refractivity contribution in [3.8, 4) is 10.6 Å². The normalized spacial score (nSPS) is 21.1. The fourth-order valence-corrected chi connectivity index (χ4v) is 4.61. The summed E-state index contributed by atoms with van der Waals surface area (Å²) in [5.41, 5.74) is 0.752. The second-order valence-corrected chi connectivity index (χ2v) is 8.02. The van der Waals surface area contributed by atoms with Crippen LogP contribution in [0.2, 0.25) is 4.34 Å². The van der Waals surface area contributed by atoms with E-state index in [2.05, 4.69) is 10.3 Å². The third-order valence-corrected chi connectivity index (χ3v) is 5.98. The maximum absolute atomic E-state index is 12.4. The monoisotopic (exact) mass is 369 g/mol. The summed E-state index contributed by atoms with van der Waals surface area (Å²) in [6, 6.07) is 3.67. The molecule has 1 aliphatic carbocycles. The molecule has 0 saturated heterocycles. The van der Waals surface area contributed by atoms with Crippen molar-refractivity contribution in [1.82, 2.24) is 4.98 Å². The van der Waals surface area contributed by atoms with Crippen LogP contribution in [-0.2, 0) is 9.59 Å². The van der Waals surface area contributed by atoms with Gasteiger partial charge in [0.25, 0.3) is 0 Å². The highest BCUT2D eigenvalue weighted by atomic mass is 35.5. The summed E-state index contributed by atoms with van der Waals surface area (Å²) >= 11 is 8.64. The summed E-state index contributed by atoms with van der Waals surface area (Å²) in [4.78, 5) is 28.9. The molecule has 2 heterocycles. The highest BCUT2D eigenvalue weighted by Gasteiger charge is 2.32. The van der Waals surface area contributed by atoms with Crippen molar-refractivity contribution >= 4 is 51.3 Å². The van der Waals surface area contributed by atoms with Crippen LogP contribution in [0.3, 0.4) is 0 Å². The van der Waals surface area contributed by atoms with E-state index in [1.807, 2.05) is 11.4 Å². The molecule has 1 saturated carbocycles. The predicted molar refractivity (Wildman–Crippen MR) is 89.5 cm³/mol. The highest BCUT2D eigenvalue weighted by molar-refractivity contribution is 7.20. The van der Waals surface area contributed by atoms with Gasteiger partial charge in [-0.1, -0.05) is 24.4 Å². The van der Waals surface area contributed by atoms with Crippen molar-refractivity contribution in [2.24, 2.45) is 11.8 Å². The molecule has 1 amide bonds. The molecular weight excluding hydrogens is 356 g/mol. The average molecular weight is 370 g/mol. The van der Waals surface area contributed by atoms with Crippen molar-refractivity contribution in [3.63, 3.8) is 0 Å². The van der Waals surface area contributed by atoms with E-state index in [-0.39, 0.29) is 5.91 Å². The van der Waals surface area contributed by atoms with Crippen molar-refractivity contribution in [2.45, 2.75) is 25.7 Å². The summed E-state index contributed by atoms with van der Waals surface area (Å²) in [6.07, 6.45) is 2.75. The Balaban J connectivity index is 1.70. The Morgan fingerprint density at radius 3 is 2.65 bits per heavy atom. The molecule has 5 nitrogen and oxygen atoms in total. The summed E-state index contributed by atoms with van der Waals surface area (Å²) in [7, 11) is 0. The van der Waals surface area contributed by atoms with Crippen LogP contribution in [0.15, 0.2) is 17.5 Å². The standard InChI is InChI=1S/C15H15ClN2O3S2/c16-12-6-5-11(23-12)10-7-22-15(17-10)18-13(19)8-3-1-2-4-9(8)14(20)21/h5-9H,1-4H2,(H,20,21)(H,17,18,19)/p-1/t8-,9-/m1/s1. The van der Waals surface area contributed by atoms with Gasteiger partial charge in [0.1, 0.15) is 0 Å². The number of carbonyl (C=O) groups excluding carboxylic acids is 2. The van der Waals surface area contributed by atoms with E-state index in [1.54, 1.807) is 6.07 Å². The molecule has 122 valence electrons. The van der Waals surface area contributed by atoms with E-state index in [4.69, 9.17) is 11.6 Å². The predicted octanol–water partition coefficient (Wildman–Crippen LogP) is 3.02. The Morgan fingerprint density at radius 1 is 1.26 bits per heavy atom. The second-order valence-electron chi connectivity index (χ2n) is 5.45. The van der Waals surface area contributed by atoms with Gasteiger partial charge in [0.2, 0.25) is 5.91 Å². The number of carboxylic acid groups (broad SMARTS) is 1. The number of hydrogen-bond acceptors (Lipinski definition) is 6. The molecule has 0 aliphatic heterocycles. The molecule has 0 bridgehead atoms. The lowest BCUT2D eigenvalue weighted by atomic mass is 9.79. The number of aliphatic carboxylic acids is 1. The molecule has 0 spiro atoms. The first-order chi connectivity index (χ1) is 11.0. The Kier molecular flexibility index (Phi) is 4.99. The quantitative estimate of drug-likeness (QED) is 0.898. The largest absolute Gasteiger partial charge is 0.550 e. The lowest BCUT2D eigenvalue weighted by molar-refractivity contribution is -0.313. The van der Waals surface area contributed by atoms with Crippen LogP contribution in [0.5, 0.6) is 0 Å². The lowest BCUT2D eigenvalue weighted by Gasteiger charge is -2.30. The van der Waals surface area contributed by atoms with Crippen LogP contribution >= 0.6 is 34.3 Å². The topological polar surface area (TPSA) is 82.1 Å². The van der Waals surface area contributed by atoms with Crippen LogP contribution in [0.25, 0.3) is 10.6 Å². The van der Waals surface area contributed by atoms with Gasteiger partial charge in [0.05, 0.1) is 14.9 Å². The van der Waals surface area contributed by atoms with E-state index < -0.39 is 17.8 Å². The molecule has 23 heavy (non-hydrogen) atoms. The SMILES string of the molecule is O=C([O-])[C@@H]1CCCC[C@H]1C(=O)Nc1nc(-c2ccc(Cl)s2)cs1. The molecule has 0 aromatic carbocycles. The number of nitrogens with one attached hydrogen (secondary N) is 1. The summed E-state index contributed by atoms with van der Waals surface area (Å²) in [5.74, 6) is -2.68. The molecule has 1 N–H and O–H groups in total. The number of hydrogen-bond donors (Lipinski definition) is 1. The molecule has 2 atom stereocenters. The number of anilines is 1. The van der Waals surface area contributed by atoms with Gasteiger partial charge in [-0.2, -0.15) is 0 Å². The van der Waals surface area contributed by atoms with Crippen molar-refractivity contribution in [2.75, 3.05) is 5.32 Å². The summed E-state index contributed by atoms with van der Waals surface area (Å²) in [5, 5.41) is 16.3. The van der Waals surface area contributed by atoms with Gasteiger partial charge in [0, 0.05) is 23.2 Å². The number of carboxylic acids is 1. The highest BCUT2D eigenvalue weighted by Crippen LogP contribution is 2.34. The van der Waals surface area contributed by atoms with Gasteiger partial charge in [-0.05, 0) is 25.0 Å². The van der Waals surface area contributed by atoms with E-state index in [1.165, 1.54) is 22.7 Å². The zero-order valence-corrected chi connectivity index (χ0v) is 14.5. The molecule has 2 aromatic rings. The maximum atomic E-state index is 12.4. The minimum atomic E-state index is -1.14. The maximum Gasteiger partial charge on any atom is 0.229 e. The molecule has 0 radical (unpaired) electrons. The Morgan fingerprint density at radius 2 is 2.00 bits per heavy atom. The molecular formula is C15H14ClN2O3S2-. The van der Waals surface area contributed by atoms with Crippen molar-refractivity contribution < 1.29 is 14.7 Å². The number of nitrogens with zero attached hydrogens (tertiary/aromatic N) is 1. The molecule has 2 aromatic heterocycles. The number of halogens is 1.